The van der Waals surface area contributed by atoms with E-state index in [2.05, 4.69) is 0 Å². The Hall–Kier alpha value is -2.44. The number of morpholine rings is 1. The van der Waals surface area contributed by atoms with Gasteiger partial charge in [0, 0.05) is 25.7 Å². The van der Waals surface area contributed by atoms with Crippen molar-refractivity contribution in [2.24, 2.45) is 0 Å². The minimum absolute atomic E-state index is 0.350. The molecule has 0 spiro atoms. The number of rotatable bonds is 5. The fraction of sp³-hybridized carbons (Fsp3) is 0.278. The molecule has 5 nitrogen and oxygen atoms in total. The summed E-state index contributed by atoms with van der Waals surface area (Å²) in [7, 11) is 0. The van der Waals surface area contributed by atoms with Crippen molar-refractivity contribution in [3.05, 3.63) is 59.9 Å². The standard InChI is InChI=1S/C18H18FNO4/c19-14-4-2-6-16(10-14)24-15-5-1-3-13(9-15)11-20-7-8-23-17(12-20)18(21)22/h1-6,9-10,17H,7-8,11-12H2,(H,21,22). The maximum absolute atomic E-state index is 13.2. The molecule has 2 aromatic rings. The fourth-order valence-electron chi connectivity index (χ4n) is 2.63. The molecule has 0 radical (unpaired) electrons. The van der Waals surface area contributed by atoms with E-state index in [0.29, 0.717) is 37.7 Å². The Morgan fingerprint density at radius 1 is 1.25 bits per heavy atom. The molecule has 1 N–H and O–H groups in total. The number of hydrogen-bond acceptors (Lipinski definition) is 4. The smallest absolute Gasteiger partial charge is 0.334 e. The Kier molecular flexibility index (Phi) is 5.08. The average molecular weight is 331 g/mol. The van der Waals surface area contributed by atoms with Crippen molar-refractivity contribution in [1.29, 1.82) is 0 Å². The van der Waals surface area contributed by atoms with Crippen molar-refractivity contribution in [3.63, 3.8) is 0 Å². The van der Waals surface area contributed by atoms with Crippen LogP contribution in [0.3, 0.4) is 0 Å². The second-order valence-electron chi connectivity index (χ2n) is 5.64. The summed E-state index contributed by atoms with van der Waals surface area (Å²) in [6, 6.07) is 13.4. The highest BCUT2D eigenvalue weighted by Gasteiger charge is 2.26. The van der Waals surface area contributed by atoms with E-state index in [1.54, 1.807) is 18.2 Å². The second kappa shape index (κ2) is 7.42. The van der Waals surface area contributed by atoms with Gasteiger partial charge in [-0.25, -0.2) is 9.18 Å². The molecule has 3 rings (SSSR count). The highest BCUT2D eigenvalue weighted by molar-refractivity contribution is 5.72. The molecular formula is C18H18FNO4. The van der Waals surface area contributed by atoms with E-state index in [1.165, 1.54) is 12.1 Å². The van der Waals surface area contributed by atoms with E-state index < -0.39 is 12.1 Å². The Balaban J connectivity index is 1.66. The number of halogens is 1. The van der Waals surface area contributed by atoms with Crippen molar-refractivity contribution in [2.75, 3.05) is 19.7 Å². The summed E-state index contributed by atoms with van der Waals surface area (Å²) < 4.78 is 24.1. The summed E-state index contributed by atoms with van der Waals surface area (Å²) in [6.07, 6.45) is -0.787. The minimum Gasteiger partial charge on any atom is -0.479 e. The molecule has 1 heterocycles. The number of carboxylic acids is 1. The van der Waals surface area contributed by atoms with Gasteiger partial charge in [-0.1, -0.05) is 18.2 Å². The van der Waals surface area contributed by atoms with Gasteiger partial charge in [-0.15, -0.1) is 0 Å². The van der Waals surface area contributed by atoms with Crippen molar-refractivity contribution >= 4 is 5.97 Å². The van der Waals surface area contributed by atoms with Gasteiger partial charge in [0.05, 0.1) is 6.61 Å². The van der Waals surface area contributed by atoms with Gasteiger partial charge < -0.3 is 14.6 Å². The van der Waals surface area contributed by atoms with E-state index >= 15 is 0 Å². The Labute approximate surface area is 139 Å². The molecule has 0 aromatic heterocycles. The van der Waals surface area contributed by atoms with Gasteiger partial charge in [0.25, 0.3) is 0 Å². The summed E-state index contributed by atoms with van der Waals surface area (Å²) in [6.45, 7) is 2.03. The maximum Gasteiger partial charge on any atom is 0.334 e. The molecule has 2 aromatic carbocycles. The number of ether oxygens (including phenoxy) is 2. The maximum atomic E-state index is 13.2. The average Bonchev–Trinajstić information content (AvgIpc) is 2.55. The van der Waals surface area contributed by atoms with Crippen LogP contribution in [-0.4, -0.2) is 41.8 Å². The summed E-state index contributed by atoms with van der Waals surface area (Å²) in [5.41, 5.74) is 0.995. The van der Waals surface area contributed by atoms with Crippen LogP contribution in [0, 0.1) is 5.82 Å². The van der Waals surface area contributed by atoms with Crippen molar-refractivity contribution < 1.29 is 23.8 Å². The molecule has 6 heteroatoms. The molecule has 1 aliphatic rings. The summed E-state index contributed by atoms with van der Waals surface area (Å²) in [5.74, 6) is -0.245. The molecule has 0 bridgehead atoms. The normalized spacial score (nSPS) is 18.3. The summed E-state index contributed by atoms with van der Waals surface area (Å²) >= 11 is 0. The quantitative estimate of drug-likeness (QED) is 0.913. The van der Waals surface area contributed by atoms with Crippen LogP contribution in [0.25, 0.3) is 0 Å². The number of hydrogen-bond donors (Lipinski definition) is 1. The largest absolute Gasteiger partial charge is 0.479 e. The molecule has 1 unspecified atom stereocenters. The number of aliphatic carboxylic acids is 1. The van der Waals surface area contributed by atoms with E-state index in [9.17, 15) is 9.18 Å². The lowest BCUT2D eigenvalue weighted by Crippen LogP contribution is -2.45. The predicted molar refractivity (Wildman–Crippen MR) is 85.6 cm³/mol. The van der Waals surface area contributed by atoms with Crippen LogP contribution in [0.4, 0.5) is 4.39 Å². The van der Waals surface area contributed by atoms with Gasteiger partial charge in [-0.05, 0) is 29.8 Å². The summed E-state index contributed by atoms with van der Waals surface area (Å²) in [5, 5.41) is 9.05. The van der Waals surface area contributed by atoms with Crippen LogP contribution < -0.4 is 4.74 Å². The van der Waals surface area contributed by atoms with Crippen LogP contribution in [0.5, 0.6) is 11.5 Å². The lowest BCUT2D eigenvalue weighted by atomic mass is 10.1. The third kappa shape index (κ3) is 4.31. The molecule has 1 fully saturated rings. The molecule has 0 saturated carbocycles. The number of carboxylic acid groups (broad SMARTS) is 1. The van der Waals surface area contributed by atoms with Gasteiger partial charge in [0.1, 0.15) is 17.3 Å². The molecule has 1 saturated heterocycles. The van der Waals surface area contributed by atoms with Gasteiger partial charge in [0.2, 0.25) is 0 Å². The molecule has 1 atom stereocenters. The zero-order chi connectivity index (χ0) is 16.9. The highest BCUT2D eigenvalue weighted by atomic mass is 19.1. The van der Waals surface area contributed by atoms with Crippen LogP contribution in [-0.2, 0) is 16.1 Å². The lowest BCUT2D eigenvalue weighted by molar-refractivity contribution is -0.156. The van der Waals surface area contributed by atoms with Gasteiger partial charge >= 0.3 is 5.97 Å². The lowest BCUT2D eigenvalue weighted by Gasteiger charge is -2.30. The number of nitrogens with zero attached hydrogens (tertiary/aromatic N) is 1. The molecule has 126 valence electrons. The zero-order valence-corrected chi connectivity index (χ0v) is 13.0. The van der Waals surface area contributed by atoms with Gasteiger partial charge in [-0.2, -0.15) is 0 Å². The van der Waals surface area contributed by atoms with Crippen molar-refractivity contribution in [1.82, 2.24) is 4.90 Å². The topological polar surface area (TPSA) is 59.0 Å². The second-order valence-corrected chi connectivity index (χ2v) is 5.64. The van der Waals surface area contributed by atoms with E-state index in [-0.39, 0.29) is 5.82 Å². The third-order valence-corrected chi connectivity index (χ3v) is 3.76. The highest BCUT2D eigenvalue weighted by Crippen LogP contribution is 2.23. The fourth-order valence-corrected chi connectivity index (χ4v) is 2.63. The minimum atomic E-state index is -0.942. The van der Waals surface area contributed by atoms with Crippen LogP contribution >= 0.6 is 0 Å². The predicted octanol–water partition coefficient (Wildman–Crippen LogP) is 2.90. The van der Waals surface area contributed by atoms with E-state index in [4.69, 9.17) is 14.6 Å². The van der Waals surface area contributed by atoms with Gasteiger partial charge in [0.15, 0.2) is 6.10 Å². The first-order valence-electron chi connectivity index (χ1n) is 7.69. The Morgan fingerprint density at radius 3 is 2.75 bits per heavy atom. The first-order chi connectivity index (χ1) is 11.6. The van der Waals surface area contributed by atoms with E-state index in [0.717, 1.165) is 5.56 Å². The monoisotopic (exact) mass is 331 g/mol. The molecule has 1 aliphatic heterocycles. The first kappa shape index (κ1) is 16.4. The molecule has 24 heavy (non-hydrogen) atoms. The van der Waals surface area contributed by atoms with Crippen LogP contribution in [0.1, 0.15) is 5.56 Å². The Morgan fingerprint density at radius 2 is 2.00 bits per heavy atom. The molecule has 0 amide bonds. The first-order valence-corrected chi connectivity index (χ1v) is 7.69. The molecule has 0 aliphatic carbocycles. The number of benzene rings is 2. The van der Waals surface area contributed by atoms with Crippen molar-refractivity contribution in [2.45, 2.75) is 12.6 Å². The number of carbonyl (C=O) groups is 1. The third-order valence-electron chi connectivity index (χ3n) is 3.76. The van der Waals surface area contributed by atoms with Crippen molar-refractivity contribution in [3.8, 4) is 11.5 Å². The Bertz CT molecular complexity index is 722. The summed E-state index contributed by atoms with van der Waals surface area (Å²) in [4.78, 5) is 13.1. The van der Waals surface area contributed by atoms with E-state index in [1.807, 2.05) is 23.1 Å². The van der Waals surface area contributed by atoms with Crippen LogP contribution in [0.15, 0.2) is 48.5 Å². The zero-order valence-electron chi connectivity index (χ0n) is 13.0. The van der Waals surface area contributed by atoms with Gasteiger partial charge in [-0.3, -0.25) is 4.90 Å². The SMILES string of the molecule is O=C(O)C1CN(Cc2cccc(Oc3cccc(F)c3)c2)CCO1. The van der Waals surface area contributed by atoms with Crippen LogP contribution in [0.2, 0.25) is 0 Å². The molecular weight excluding hydrogens is 313 g/mol.